The highest BCUT2D eigenvalue weighted by Gasteiger charge is 2.33. The molecule has 2 aromatic carbocycles. The van der Waals surface area contributed by atoms with Crippen molar-refractivity contribution in [2.75, 3.05) is 0 Å². The van der Waals surface area contributed by atoms with Crippen LogP contribution in [0.15, 0.2) is 53.4 Å². The number of carbonyl (C=O) groups is 2. The summed E-state index contributed by atoms with van der Waals surface area (Å²) < 4.78 is 0.0958. The smallest absolute Gasteiger partial charge is 0.267 e. The molecular weight excluding hydrogens is 420 g/mol. The molecular formula is C17H10N4O6S2. The van der Waals surface area contributed by atoms with Gasteiger partial charge in [-0.3, -0.25) is 35.2 Å². The first kappa shape index (κ1) is 20.1. The van der Waals surface area contributed by atoms with Gasteiger partial charge in [0.2, 0.25) is 0 Å². The number of benzene rings is 2. The van der Waals surface area contributed by atoms with Gasteiger partial charge < -0.3 is 0 Å². The fourth-order valence-electron chi connectivity index (χ4n) is 2.31. The SMILES string of the molecule is O=C(NN1C(=O)/C(=C\c2ccc([N+](=O)[O-])cc2)SC1=S)c1ccc([N+](=O)[O-])cc1. The first-order valence-electron chi connectivity index (χ1n) is 7.84. The minimum absolute atomic E-state index is 0.0786. The predicted molar refractivity (Wildman–Crippen MR) is 109 cm³/mol. The number of nitrogens with zero attached hydrogens (tertiary/aromatic N) is 3. The Balaban J connectivity index is 1.73. The quantitative estimate of drug-likeness (QED) is 0.331. The van der Waals surface area contributed by atoms with Crippen molar-refractivity contribution in [1.82, 2.24) is 10.4 Å². The Morgan fingerprint density at radius 1 is 1.00 bits per heavy atom. The fraction of sp³-hybridized carbons (Fsp3) is 0. The number of hydrogen-bond donors (Lipinski definition) is 1. The van der Waals surface area contributed by atoms with Crippen LogP contribution in [0.3, 0.4) is 0 Å². The summed E-state index contributed by atoms with van der Waals surface area (Å²) in [5, 5.41) is 22.3. The van der Waals surface area contributed by atoms with E-state index in [0.717, 1.165) is 16.8 Å². The third-order valence-electron chi connectivity index (χ3n) is 3.75. The van der Waals surface area contributed by atoms with Gasteiger partial charge >= 0.3 is 0 Å². The predicted octanol–water partition coefficient (Wildman–Crippen LogP) is 3.05. The van der Waals surface area contributed by atoms with Crippen molar-refractivity contribution in [3.05, 3.63) is 84.8 Å². The molecule has 2 amide bonds. The van der Waals surface area contributed by atoms with Crippen LogP contribution in [0, 0.1) is 20.2 Å². The third-order valence-corrected chi connectivity index (χ3v) is 5.05. The number of non-ortho nitro benzene ring substituents is 2. The molecule has 0 unspecified atom stereocenters. The molecule has 2 aromatic rings. The maximum absolute atomic E-state index is 12.5. The third kappa shape index (κ3) is 4.44. The van der Waals surface area contributed by atoms with Crippen LogP contribution < -0.4 is 5.43 Å². The lowest BCUT2D eigenvalue weighted by Gasteiger charge is -2.15. The molecule has 1 heterocycles. The lowest BCUT2D eigenvalue weighted by Crippen LogP contribution is -2.44. The molecule has 0 bridgehead atoms. The van der Waals surface area contributed by atoms with E-state index in [1.165, 1.54) is 54.6 Å². The van der Waals surface area contributed by atoms with Crippen LogP contribution in [0.4, 0.5) is 11.4 Å². The molecule has 10 nitrogen and oxygen atoms in total. The second kappa shape index (κ2) is 8.16. The first-order chi connectivity index (χ1) is 13.8. The highest BCUT2D eigenvalue weighted by Crippen LogP contribution is 2.31. The van der Waals surface area contributed by atoms with Gasteiger partial charge in [0, 0.05) is 29.8 Å². The molecule has 12 heteroatoms. The highest BCUT2D eigenvalue weighted by molar-refractivity contribution is 8.26. The molecule has 0 atom stereocenters. The van der Waals surface area contributed by atoms with Gasteiger partial charge in [-0.05, 0) is 48.1 Å². The number of carbonyl (C=O) groups excluding carboxylic acids is 2. The minimum Gasteiger partial charge on any atom is -0.267 e. The number of amides is 2. The average Bonchev–Trinajstić information content (AvgIpc) is 2.95. The topological polar surface area (TPSA) is 136 Å². The molecule has 0 aromatic heterocycles. The van der Waals surface area contributed by atoms with Crippen molar-refractivity contribution in [1.29, 1.82) is 0 Å². The molecule has 0 saturated carbocycles. The zero-order chi connectivity index (χ0) is 21.1. The van der Waals surface area contributed by atoms with E-state index in [4.69, 9.17) is 12.2 Å². The second-order valence-electron chi connectivity index (χ2n) is 5.61. The van der Waals surface area contributed by atoms with Gasteiger partial charge in [-0.15, -0.1) is 0 Å². The van der Waals surface area contributed by atoms with Gasteiger partial charge in [0.25, 0.3) is 23.2 Å². The van der Waals surface area contributed by atoms with E-state index in [2.05, 4.69) is 5.43 Å². The normalized spacial score (nSPS) is 14.9. The largest absolute Gasteiger partial charge is 0.285 e. The summed E-state index contributed by atoms with van der Waals surface area (Å²) in [5.41, 5.74) is 2.79. The number of nitrogens with one attached hydrogen (secondary N) is 1. The molecule has 1 aliphatic rings. The summed E-state index contributed by atoms with van der Waals surface area (Å²) in [6.45, 7) is 0. The van der Waals surface area contributed by atoms with Crippen molar-refractivity contribution in [3.8, 4) is 0 Å². The van der Waals surface area contributed by atoms with Crippen molar-refractivity contribution in [2.45, 2.75) is 0 Å². The lowest BCUT2D eigenvalue weighted by atomic mass is 10.2. The number of nitro groups is 2. The summed E-state index contributed by atoms with van der Waals surface area (Å²) in [7, 11) is 0. The molecule has 1 N–H and O–H groups in total. The number of rotatable bonds is 5. The molecule has 0 spiro atoms. The maximum Gasteiger partial charge on any atom is 0.285 e. The highest BCUT2D eigenvalue weighted by atomic mass is 32.2. The molecule has 0 radical (unpaired) electrons. The molecule has 1 aliphatic heterocycles. The van der Waals surface area contributed by atoms with E-state index in [0.29, 0.717) is 5.56 Å². The van der Waals surface area contributed by atoms with Crippen molar-refractivity contribution >= 4 is 57.6 Å². The number of hydrogen-bond acceptors (Lipinski definition) is 8. The Morgan fingerprint density at radius 3 is 2.03 bits per heavy atom. The monoisotopic (exact) mass is 430 g/mol. The number of thioether (sulfide) groups is 1. The zero-order valence-corrected chi connectivity index (χ0v) is 15.9. The van der Waals surface area contributed by atoms with E-state index in [1.807, 2.05) is 0 Å². The van der Waals surface area contributed by atoms with E-state index in [-0.39, 0.29) is 26.2 Å². The summed E-state index contributed by atoms with van der Waals surface area (Å²) >= 11 is 6.08. The van der Waals surface area contributed by atoms with E-state index in [9.17, 15) is 29.8 Å². The van der Waals surface area contributed by atoms with Crippen LogP contribution in [0.1, 0.15) is 15.9 Å². The Kier molecular flexibility index (Phi) is 5.66. The number of hydrazine groups is 1. The first-order valence-corrected chi connectivity index (χ1v) is 9.06. The van der Waals surface area contributed by atoms with Crippen LogP contribution in [0.25, 0.3) is 6.08 Å². The van der Waals surface area contributed by atoms with E-state index in [1.54, 1.807) is 0 Å². The molecule has 1 saturated heterocycles. The summed E-state index contributed by atoms with van der Waals surface area (Å²) in [6.07, 6.45) is 1.50. The van der Waals surface area contributed by atoms with Gasteiger partial charge in [0.05, 0.1) is 14.8 Å². The van der Waals surface area contributed by atoms with Crippen molar-refractivity contribution < 1.29 is 19.4 Å². The van der Waals surface area contributed by atoms with Crippen LogP contribution in [-0.4, -0.2) is 31.0 Å². The Hall–Kier alpha value is -3.64. The van der Waals surface area contributed by atoms with Gasteiger partial charge in [-0.25, -0.2) is 0 Å². The van der Waals surface area contributed by atoms with Crippen LogP contribution in [0.5, 0.6) is 0 Å². The van der Waals surface area contributed by atoms with E-state index < -0.39 is 21.7 Å². The maximum atomic E-state index is 12.5. The standard InChI is InChI=1S/C17H10N4O6S2/c22-15(11-3-7-13(8-4-11)21(26)27)18-19-16(23)14(29-17(19)28)9-10-1-5-12(6-2-10)20(24)25/h1-9H,(H,18,22)/b14-9+. The molecule has 1 fully saturated rings. The van der Waals surface area contributed by atoms with Crippen LogP contribution >= 0.6 is 24.0 Å². The van der Waals surface area contributed by atoms with Gasteiger partial charge in [-0.1, -0.05) is 11.8 Å². The summed E-state index contributed by atoms with van der Waals surface area (Å²) in [5.74, 6) is -1.22. The Bertz CT molecular complexity index is 1070. The fourth-order valence-corrected chi connectivity index (χ4v) is 3.49. The second-order valence-corrected chi connectivity index (χ2v) is 7.29. The van der Waals surface area contributed by atoms with E-state index >= 15 is 0 Å². The number of nitro benzene ring substituents is 2. The lowest BCUT2D eigenvalue weighted by molar-refractivity contribution is -0.385. The van der Waals surface area contributed by atoms with Crippen LogP contribution in [-0.2, 0) is 4.79 Å². The van der Waals surface area contributed by atoms with Gasteiger partial charge in [0.15, 0.2) is 4.32 Å². The molecule has 0 aliphatic carbocycles. The zero-order valence-electron chi connectivity index (χ0n) is 14.3. The van der Waals surface area contributed by atoms with Crippen molar-refractivity contribution in [2.24, 2.45) is 0 Å². The number of thiocarbonyl (C=S) groups is 1. The molecule has 146 valence electrons. The van der Waals surface area contributed by atoms with Crippen LogP contribution in [0.2, 0.25) is 0 Å². The van der Waals surface area contributed by atoms with Gasteiger partial charge in [0.1, 0.15) is 0 Å². The average molecular weight is 430 g/mol. The Morgan fingerprint density at radius 2 is 1.52 bits per heavy atom. The molecule has 29 heavy (non-hydrogen) atoms. The van der Waals surface area contributed by atoms with Gasteiger partial charge in [-0.2, -0.15) is 5.01 Å². The summed E-state index contributed by atoms with van der Waals surface area (Å²) in [4.78, 5) is 45.3. The minimum atomic E-state index is -0.659. The van der Waals surface area contributed by atoms with Crippen molar-refractivity contribution in [3.63, 3.8) is 0 Å². The Labute approximate surface area is 172 Å². The summed E-state index contributed by atoms with van der Waals surface area (Å²) in [6, 6.07) is 10.5. The molecule has 3 rings (SSSR count).